The monoisotopic (exact) mass is 257 g/mol. The molecule has 0 bridgehead atoms. The standard InChI is InChI=1S/C10H6ClF2N3O/c11-8-9(14)15-4-16-10(8)17-7-2-1-5(12)3-6(7)13/h1-4H,(H2,14,15,16). The van der Waals surface area contributed by atoms with Crippen LogP contribution in [-0.2, 0) is 0 Å². The third-order valence-electron chi connectivity index (χ3n) is 1.89. The van der Waals surface area contributed by atoms with Gasteiger partial charge in [-0.2, -0.15) is 4.98 Å². The lowest BCUT2D eigenvalue weighted by Gasteiger charge is -2.07. The van der Waals surface area contributed by atoms with Gasteiger partial charge in [-0.15, -0.1) is 0 Å². The number of hydrogen-bond donors (Lipinski definition) is 1. The summed E-state index contributed by atoms with van der Waals surface area (Å²) in [6, 6.07) is 2.87. The molecule has 0 aliphatic rings. The van der Waals surface area contributed by atoms with Gasteiger partial charge in [0.1, 0.15) is 23.0 Å². The highest BCUT2D eigenvalue weighted by molar-refractivity contribution is 6.34. The SMILES string of the molecule is Nc1ncnc(Oc2ccc(F)cc2F)c1Cl. The summed E-state index contributed by atoms with van der Waals surface area (Å²) in [5.74, 6) is -1.85. The Morgan fingerprint density at radius 3 is 2.71 bits per heavy atom. The lowest BCUT2D eigenvalue weighted by atomic mass is 10.3. The molecule has 2 N–H and O–H groups in total. The molecule has 88 valence electrons. The highest BCUT2D eigenvalue weighted by Crippen LogP contribution is 2.31. The van der Waals surface area contributed by atoms with Gasteiger partial charge in [-0.1, -0.05) is 11.6 Å². The van der Waals surface area contributed by atoms with Gasteiger partial charge in [0.2, 0.25) is 5.88 Å². The van der Waals surface area contributed by atoms with Gasteiger partial charge in [0.25, 0.3) is 0 Å². The van der Waals surface area contributed by atoms with E-state index < -0.39 is 11.6 Å². The third kappa shape index (κ3) is 2.42. The van der Waals surface area contributed by atoms with Crippen LogP contribution in [0.15, 0.2) is 24.5 Å². The first-order chi connectivity index (χ1) is 8.08. The summed E-state index contributed by atoms with van der Waals surface area (Å²) in [7, 11) is 0. The maximum Gasteiger partial charge on any atom is 0.243 e. The number of ether oxygens (including phenoxy) is 1. The second-order valence-corrected chi connectivity index (χ2v) is 3.43. The first-order valence-corrected chi connectivity index (χ1v) is 4.84. The van der Waals surface area contributed by atoms with E-state index in [0.717, 1.165) is 18.5 Å². The van der Waals surface area contributed by atoms with Crippen LogP contribution < -0.4 is 10.5 Å². The summed E-state index contributed by atoms with van der Waals surface area (Å²) in [6.45, 7) is 0. The average molecular weight is 258 g/mol. The lowest BCUT2D eigenvalue weighted by molar-refractivity contribution is 0.423. The van der Waals surface area contributed by atoms with Crippen molar-refractivity contribution in [2.24, 2.45) is 0 Å². The minimum Gasteiger partial charge on any atom is -0.434 e. The summed E-state index contributed by atoms with van der Waals surface area (Å²) in [5, 5.41) is -0.0313. The van der Waals surface area contributed by atoms with Gasteiger partial charge in [0.05, 0.1) is 0 Å². The van der Waals surface area contributed by atoms with Crippen LogP contribution in [0.3, 0.4) is 0 Å². The molecule has 0 aliphatic carbocycles. The van der Waals surface area contributed by atoms with Crippen LogP contribution in [0.2, 0.25) is 5.02 Å². The van der Waals surface area contributed by atoms with Crippen LogP contribution in [0.5, 0.6) is 11.6 Å². The number of hydrogen-bond acceptors (Lipinski definition) is 4. The predicted octanol–water partition coefficient (Wildman–Crippen LogP) is 2.78. The van der Waals surface area contributed by atoms with E-state index in [9.17, 15) is 8.78 Å². The van der Waals surface area contributed by atoms with E-state index in [1.807, 2.05) is 0 Å². The Hall–Kier alpha value is -1.95. The van der Waals surface area contributed by atoms with E-state index in [-0.39, 0.29) is 22.5 Å². The first kappa shape index (κ1) is 11.5. The largest absolute Gasteiger partial charge is 0.434 e. The molecule has 2 rings (SSSR count). The Morgan fingerprint density at radius 1 is 1.24 bits per heavy atom. The molecule has 4 nitrogen and oxygen atoms in total. The Bertz CT molecular complexity index is 565. The number of halogens is 3. The van der Waals surface area contributed by atoms with Gasteiger partial charge in [-0.25, -0.2) is 13.8 Å². The number of nitrogens with two attached hydrogens (primary N) is 1. The van der Waals surface area contributed by atoms with Gasteiger partial charge in [0, 0.05) is 6.07 Å². The van der Waals surface area contributed by atoms with Crippen LogP contribution in [0.1, 0.15) is 0 Å². The van der Waals surface area contributed by atoms with Crippen molar-refractivity contribution in [3.63, 3.8) is 0 Å². The van der Waals surface area contributed by atoms with Crippen molar-refractivity contribution in [2.45, 2.75) is 0 Å². The third-order valence-corrected chi connectivity index (χ3v) is 2.24. The molecule has 0 spiro atoms. The fraction of sp³-hybridized carbons (Fsp3) is 0. The highest BCUT2D eigenvalue weighted by Gasteiger charge is 2.12. The number of nitrogen functional groups attached to an aromatic ring is 1. The lowest BCUT2D eigenvalue weighted by Crippen LogP contribution is -1.97. The van der Waals surface area contributed by atoms with Crippen molar-refractivity contribution in [1.82, 2.24) is 9.97 Å². The Kier molecular flexibility index (Phi) is 3.06. The molecule has 7 heteroatoms. The predicted molar refractivity (Wildman–Crippen MR) is 57.9 cm³/mol. The molecule has 0 saturated heterocycles. The zero-order chi connectivity index (χ0) is 12.4. The normalized spacial score (nSPS) is 10.3. The molecule has 0 amide bonds. The average Bonchev–Trinajstić information content (AvgIpc) is 2.28. The molecule has 0 saturated carbocycles. The molecule has 1 heterocycles. The smallest absolute Gasteiger partial charge is 0.243 e. The molecule has 1 aromatic heterocycles. The fourth-order valence-corrected chi connectivity index (χ4v) is 1.24. The number of anilines is 1. The van der Waals surface area contributed by atoms with Crippen molar-refractivity contribution in [1.29, 1.82) is 0 Å². The van der Waals surface area contributed by atoms with Crippen molar-refractivity contribution >= 4 is 17.4 Å². The quantitative estimate of drug-likeness (QED) is 0.899. The molecular formula is C10H6ClF2N3O. The van der Waals surface area contributed by atoms with Crippen molar-refractivity contribution in [3.05, 3.63) is 41.2 Å². The molecule has 0 atom stereocenters. The van der Waals surface area contributed by atoms with E-state index in [0.29, 0.717) is 6.07 Å². The Morgan fingerprint density at radius 2 is 2.00 bits per heavy atom. The summed E-state index contributed by atoms with van der Waals surface area (Å²) >= 11 is 5.76. The maximum atomic E-state index is 13.3. The van der Waals surface area contributed by atoms with Crippen LogP contribution in [0.25, 0.3) is 0 Å². The van der Waals surface area contributed by atoms with Crippen LogP contribution in [-0.4, -0.2) is 9.97 Å². The number of benzene rings is 1. The van der Waals surface area contributed by atoms with Gasteiger partial charge < -0.3 is 10.5 Å². The molecule has 0 fully saturated rings. The number of rotatable bonds is 2. The highest BCUT2D eigenvalue weighted by atomic mass is 35.5. The van der Waals surface area contributed by atoms with E-state index >= 15 is 0 Å². The van der Waals surface area contributed by atoms with E-state index in [2.05, 4.69) is 9.97 Å². The van der Waals surface area contributed by atoms with Gasteiger partial charge >= 0.3 is 0 Å². The van der Waals surface area contributed by atoms with Crippen molar-refractivity contribution in [3.8, 4) is 11.6 Å². The minimum absolute atomic E-state index is 0.0131. The maximum absolute atomic E-state index is 13.3. The van der Waals surface area contributed by atoms with Gasteiger partial charge in [0.15, 0.2) is 11.6 Å². The van der Waals surface area contributed by atoms with Crippen molar-refractivity contribution < 1.29 is 13.5 Å². The molecule has 17 heavy (non-hydrogen) atoms. The van der Waals surface area contributed by atoms with Gasteiger partial charge in [-0.05, 0) is 12.1 Å². The summed E-state index contributed by atoms with van der Waals surface area (Å²) in [4.78, 5) is 7.31. The van der Waals surface area contributed by atoms with E-state index in [1.165, 1.54) is 0 Å². The molecule has 0 unspecified atom stereocenters. The van der Waals surface area contributed by atoms with E-state index in [4.69, 9.17) is 22.1 Å². The first-order valence-electron chi connectivity index (χ1n) is 4.47. The zero-order valence-corrected chi connectivity index (χ0v) is 9.08. The second-order valence-electron chi connectivity index (χ2n) is 3.05. The summed E-state index contributed by atoms with van der Waals surface area (Å²) in [6.07, 6.45) is 1.12. The number of nitrogens with zero attached hydrogens (tertiary/aromatic N) is 2. The molecule has 0 aliphatic heterocycles. The topological polar surface area (TPSA) is 61.0 Å². The molecular weight excluding hydrogens is 252 g/mol. The van der Waals surface area contributed by atoms with E-state index in [1.54, 1.807) is 0 Å². The van der Waals surface area contributed by atoms with Crippen LogP contribution >= 0.6 is 11.6 Å². The number of aromatic nitrogens is 2. The fourth-order valence-electron chi connectivity index (χ4n) is 1.10. The Labute approximate surface area is 100 Å². The minimum atomic E-state index is -0.863. The zero-order valence-electron chi connectivity index (χ0n) is 8.32. The molecule has 1 aromatic carbocycles. The van der Waals surface area contributed by atoms with Gasteiger partial charge in [-0.3, -0.25) is 0 Å². The Balaban J connectivity index is 2.35. The van der Waals surface area contributed by atoms with Crippen LogP contribution in [0.4, 0.5) is 14.6 Å². The molecule has 0 radical (unpaired) electrons. The van der Waals surface area contributed by atoms with Crippen molar-refractivity contribution in [2.75, 3.05) is 5.73 Å². The second kappa shape index (κ2) is 4.50. The molecule has 2 aromatic rings. The van der Waals surface area contributed by atoms with Crippen LogP contribution in [0, 0.1) is 11.6 Å². The summed E-state index contributed by atoms with van der Waals surface area (Å²) < 4.78 is 31.0. The summed E-state index contributed by atoms with van der Waals surface area (Å²) in [5.41, 5.74) is 5.42.